The molecule has 0 fully saturated rings. The Hall–Kier alpha value is -2.13. The molecule has 0 bridgehead atoms. The standard InChI is InChI=1S/C20H24O3/c1-4-12-22-15(2)13-17-10-11-19(18-8-6-5-7-9-18)20(14-17)23-16(3)21/h5-11,14-15H,4,12-13H2,1-3H3. The number of ether oxygens (including phenoxy) is 2. The third kappa shape index (κ3) is 5.22. The van der Waals surface area contributed by atoms with Gasteiger partial charge in [0.05, 0.1) is 6.10 Å². The van der Waals surface area contributed by atoms with Crippen LogP contribution < -0.4 is 4.74 Å². The molecule has 0 N–H and O–H groups in total. The molecule has 0 spiro atoms. The molecule has 0 heterocycles. The molecule has 0 aliphatic carbocycles. The summed E-state index contributed by atoms with van der Waals surface area (Å²) in [5.41, 5.74) is 3.06. The molecule has 2 rings (SSSR count). The number of carbonyl (C=O) groups excluding carboxylic acids is 1. The van der Waals surface area contributed by atoms with E-state index in [0.29, 0.717) is 5.75 Å². The summed E-state index contributed by atoms with van der Waals surface area (Å²) < 4.78 is 11.1. The Kier molecular flexibility index (Phi) is 6.36. The zero-order valence-electron chi connectivity index (χ0n) is 14.0. The molecule has 0 saturated carbocycles. The minimum Gasteiger partial charge on any atom is -0.426 e. The van der Waals surface area contributed by atoms with Crippen molar-refractivity contribution in [3.8, 4) is 16.9 Å². The molecule has 3 heteroatoms. The Morgan fingerprint density at radius 1 is 1.13 bits per heavy atom. The number of rotatable bonds is 7. The van der Waals surface area contributed by atoms with Crippen LogP contribution in [0.1, 0.15) is 32.8 Å². The predicted octanol–water partition coefficient (Wildman–Crippen LogP) is 4.64. The van der Waals surface area contributed by atoms with Gasteiger partial charge in [-0.15, -0.1) is 0 Å². The van der Waals surface area contributed by atoms with Gasteiger partial charge in [0.2, 0.25) is 0 Å². The van der Waals surface area contributed by atoms with Gasteiger partial charge in [0.25, 0.3) is 0 Å². The highest BCUT2D eigenvalue weighted by Crippen LogP contribution is 2.31. The van der Waals surface area contributed by atoms with Crippen LogP contribution in [0.25, 0.3) is 11.1 Å². The van der Waals surface area contributed by atoms with Crippen LogP contribution in [0, 0.1) is 0 Å². The summed E-state index contributed by atoms with van der Waals surface area (Å²) in [4.78, 5) is 11.4. The van der Waals surface area contributed by atoms with E-state index in [9.17, 15) is 4.79 Å². The Bertz CT molecular complexity index is 635. The van der Waals surface area contributed by atoms with E-state index in [4.69, 9.17) is 9.47 Å². The Balaban J connectivity index is 2.25. The van der Waals surface area contributed by atoms with E-state index in [-0.39, 0.29) is 12.1 Å². The van der Waals surface area contributed by atoms with Gasteiger partial charge in [0, 0.05) is 19.1 Å². The van der Waals surface area contributed by atoms with Gasteiger partial charge in [-0.2, -0.15) is 0 Å². The Labute approximate surface area is 138 Å². The van der Waals surface area contributed by atoms with Gasteiger partial charge in [-0.05, 0) is 37.0 Å². The second kappa shape index (κ2) is 8.49. The number of carbonyl (C=O) groups is 1. The van der Waals surface area contributed by atoms with Crippen molar-refractivity contribution >= 4 is 5.97 Å². The molecule has 0 saturated heterocycles. The van der Waals surface area contributed by atoms with Gasteiger partial charge in [-0.1, -0.05) is 49.4 Å². The summed E-state index contributed by atoms with van der Waals surface area (Å²) in [5.74, 6) is 0.290. The van der Waals surface area contributed by atoms with Crippen LogP contribution in [0.15, 0.2) is 48.5 Å². The van der Waals surface area contributed by atoms with Crippen LogP contribution in [-0.4, -0.2) is 18.7 Å². The lowest BCUT2D eigenvalue weighted by Gasteiger charge is -2.15. The van der Waals surface area contributed by atoms with Crippen LogP contribution in [0.4, 0.5) is 0 Å². The monoisotopic (exact) mass is 312 g/mol. The maximum atomic E-state index is 11.4. The molecule has 2 aromatic carbocycles. The topological polar surface area (TPSA) is 35.5 Å². The van der Waals surface area contributed by atoms with E-state index in [1.54, 1.807) is 0 Å². The van der Waals surface area contributed by atoms with Crippen molar-refractivity contribution in [2.75, 3.05) is 6.61 Å². The molecule has 1 atom stereocenters. The Morgan fingerprint density at radius 3 is 2.52 bits per heavy atom. The van der Waals surface area contributed by atoms with E-state index in [2.05, 4.69) is 19.9 Å². The van der Waals surface area contributed by atoms with Gasteiger partial charge in [-0.25, -0.2) is 0 Å². The van der Waals surface area contributed by atoms with E-state index < -0.39 is 0 Å². The van der Waals surface area contributed by atoms with Gasteiger partial charge in [0.1, 0.15) is 5.75 Å². The molecule has 1 unspecified atom stereocenters. The second-order valence-electron chi connectivity index (χ2n) is 5.68. The van der Waals surface area contributed by atoms with Crippen molar-refractivity contribution < 1.29 is 14.3 Å². The van der Waals surface area contributed by atoms with Crippen molar-refractivity contribution in [3.63, 3.8) is 0 Å². The Morgan fingerprint density at radius 2 is 1.87 bits per heavy atom. The fourth-order valence-corrected chi connectivity index (χ4v) is 2.50. The van der Waals surface area contributed by atoms with Crippen LogP contribution in [0.2, 0.25) is 0 Å². The highest BCUT2D eigenvalue weighted by atomic mass is 16.5. The summed E-state index contributed by atoms with van der Waals surface area (Å²) in [5, 5.41) is 0. The number of hydrogen-bond acceptors (Lipinski definition) is 3. The smallest absolute Gasteiger partial charge is 0.308 e. The molecule has 0 radical (unpaired) electrons. The summed E-state index contributed by atoms with van der Waals surface area (Å²) >= 11 is 0. The van der Waals surface area contributed by atoms with Gasteiger partial charge in [0.15, 0.2) is 0 Å². The average molecular weight is 312 g/mol. The summed E-state index contributed by atoms with van der Waals surface area (Å²) in [6.45, 7) is 6.35. The van der Waals surface area contributed by atoms with Crippen LogP contribution in [-0.2, 0) is 16.0 Å². The lowest BCUT2D eigenvalue weighted by atomic mass is 10.0. The first-order chi connectivity index (χ1) is 11.1. The first-order valence-electron chi connectivity index (χ1n) is 8.08. The first-order valence-corrected chi connectivity index (χ1v) is 8.08. The van der Waals surface area contributed by atoms with Crippen molar-refractivity contribution in [1.82, 2.24) is 0 Å². The normalized spacial score (nSPS) is 12.0. The van der Waals surface area contributed by atoms with Crippen molar-refractivity contribution in [2.24, 2.45) is 0 Å². The van der Waals surface area contributed by atoms with Gasteiger partial charge in [-0.3, -0.25) is 4.79 Å². The van der Waals surface area contributed by atoms with Crippen LogP contribution in [0.5, 0.6) is 5.75 Å². The molecule has 3 nitrogen and oxygen atoms in total. The number of benzene rings is 2. The largest absolute Gasteiger partial charge is 0.426 e. The maximum Gasteiger partial charge on any atom is 0.308 e. The quantitative estimate of drug-likeness (QED) is 0.552. The molecule has 0 aliphatic heterocycles. The zero-order valence-corrected chi connectivity index (χ0v) is 14.0. The third-order valence-corrected chi connectivity index (χ3v) is 3.51. The molecular formula is C20H24O3. The fraction of sp³-hybridized carbons (Fsp3) is 0.350. The van der Waals surface area contributed by atoms with Gasteiger partial charge < -0.3 is 9.47 Å². The zero-order chi connectivity index (χ0) is 16.7. The lowest BCUT2D eigenvalue weighted by Crippen LogP contribution is -2.12. The summed E-state index contributed by atoms with van der Waals surface area (Å²) in [6, 6.07) is 16.0. The fourth-order valence-electron chi connectivity index (χ4n) is 2.50. The maximum absolute atomic E-state index is 11.4. The SMILES string of the molecule is CCCOC(C)Cc1ccc(-c2ccccc2)c(OC(C)=O)c1. The van der Waals surface area contributed by atoms with E-state index in [1.165, 1.54) is 6.92 Å². The minimum absolute atomic E-state index is 0.141. The molecule has 122 valence electrons. The second-order valence-corrected chi connectivity index (χ2v) is 5.68. The first kappa shape index (κ1) is 17.2. The van der Waals surface area contributed by atoms with Crippen molar-refractivity contribution in [3.05, 3.63) is 54.1 Å². The average Bonchev–Trinajstić information content (AvgIpc) is 2.53. The molecule has 0 aromatic heterocycles. The van der Waals surface area contributed by atoms with E-state index in [1.807, 2.05) is 42.5 Å². The number of esters is 1. The molecule has 23 heavy (non-hydrogen) atoms. The highest BCUT2D eigenvalue weighted by molar-refractivity contribution is 5.77. The van der Waals surface area contributed by atoms with Crippen molar-refractivity contribution in [1.29, 1.82) is 0 Å². The molecule has 0 amide bonds. The third-order valence-electron chi connectivity index (χ3n) is 3.51. The molecule has 0 aliphatic rings. The predicted molar refractivity (Wildman–Crippen MR) is 92.6 cm³/mol. The number of hydrogen-bond donors (Lipinski definition) is 0. The summed E-state index contributed by atoms with van der Waals surface area (Å²) in [6.07, 6.45) is 1.95. The minimum atomic E-state index is -0.311. The van der Waals surface area contributed by atoms with E-state index >= 15 is 0 Å². The molecular weight excluding hydrogens is 288 g/mol. The van der Waals surface area contributed by atoms with Crippen LogP contribution in [0.3, 0.4) is 0 Å². The van der Waals surface area contributed by atoms with E-state index in [0.717, 1.165) is 36.1 Å². The highest BCUT2D eigenvalue weighted by Gasteiger charge is 2.11. The lowest BCUT2D eigenvalue weighted by molar-refractivity contribution is -0.131. The van der Waals surface area contributed by atoms with Gasteiger partial charge >= 0.3 is 5.97 Å². The van der Waals surface area contributed by atoms with Crippen LogP contribution >= 0.6 is 0 Å². The molecule has 2 aromatic rings. The van der Waals surface area contributed by atoms with Crippen molar-refractivity contribution in [2.45, 2.75) is 39.7 Å². The summed E-state index contributed by atoms with van der Waals surface area (Å²) in [7, 11) is 0.